The van der Waals surface area contributed by atoms with E-state index in [4.69, 9.17) is 9.84 Å². The lowest BCUT2D eigenvalue weighted by atomic mass is 10.1. The van der Waals surface area contributed by atoms with E-state index in [2.05, 4.69) is 6.92 Å². The van der Waals surface area contributed by atoms with Crippen molar-refractivity contribution < 1.29 is 19.7 Å². The van der Waals surface area contributed by atoms with Gasteiger partial charge in [0.05, 0.1) is 5.92 Å². The van der Waals surface area contributed by atoms with Gasteiger partial charge in [-0.05, 0) is 61.4 Å². The number of carbonyl (C=O) groups is 1. The van der Waals surface area contributed by atoms with Crippen molar-refractivity contribution in [2.45, 2.75) is 26.5 Å². The van der Waals surface area contributed by atoms with Gasteiger partial charge in [-0.25, -0.2) is 0 Å². The fourth-order valence-corrected chi connectivity index (χ4v) is 2.89. The molecule has 0 bridgehead atoms. The Labute approximate surface area is 141 Å². The maximum atomic E-state index is 11.1. The van der Waals surface area contributed by atoms with Crippen LogP contribution >= 0.6 is 0 Å². The largest absolute Gasteiger partial charge is 0.481 e. The van der Waals surface area contributed by atoms with E-state index in [9.17, 15) is 9.90 Å². The quantitative estimate of drug-likeness (QED) is 0.901. The summed E-state index contributed by atoms with van der Waals surface area (Å²) in [5.74, 6) is 0.0705. The van der Waals surface area contributed by atoms with Gasteiger partial charge in [0.25, 0.3) is 0 Å². The summed E-state index contributed by atoms with van der Waals surface area (Å²) in [6.07, 6.45) is -0.520. The second-order valence-corrected chi connectivity index (χ2v) is 6.25. The third-order valence-corrected chi connectivity index (χ3v) is 4.50. The van der Waals surface area contributed by atoms with Crippen molar-refractivity contribution in [2.75, 3.05) is 11.4 Å². The molecule has 24 heavy (non-hydrogen) atoms. The van der Waals surface area contributed by atoms with Crippen molar-refractivity contribution in [2.24, 2.45) is 5.92 Å². The Morgan fingerprint density at radius 2 is 1.75 bits per heavy atom. The van der Waals surface area contributed by atoms with Crippen LogP contribution in [0.3, 0.4) is 0 Å². The molecule has 5 heteroatoms. The number of ether oxygens (including phenoxy) is 1. The van der Waals surface area contributed by atoms with E-state index in [0.717, 1.165) is 11.4 Å². The maximum Gasteiger partial charge on any atom is 0.308 e. The zero-order valence-electron chi connectivity index (χ0n) is 13.8. The molecule has 2 unspecified atom stereocenters. The fourth-order valence-electron chi connectivity index (χ4n) is 2.89. The Bertz CT molecular complexity index is 742. The monoisotopic (exact) mass is 327 g/mol. The average Bonchev–Trinajstić information content (AvgIpc) is 2.94. The molecule has 2 aromatic carbocycles. The smallest absolute Gasteiger partial charge is 0.308 e. The number of benzene rings is 2. The number of aliphatic hydroxyl groups is 1. The van der Waals surface area contributed by atoms with E-state index in [1.165, 1.54) is 11.1 Å². The normalized spacial score (nSPS) is 20.2. The second-order valence-electron chi connectivity index (χ2n) is 6.25. The first kappa shape index (κ1) is 16.3. The number of carboxylic acids is 1. The minimum atomic E-state index is -0.869. The third-order valence-electron chi connectivity index (χ3n) is 4.50. The highest BCUT2D eigenvalue weighted by Crippen LogP contribution is 2.31. The van der Waals surface area contributed by atoms with E-state index in [0.29, 0.717) is 12.3 Å². The van der Waals surface area contributed by atoms with Crippen LogP contribution in [0.5, 0.6) is 11.5 Å². The summed E-state index contributed by atoms with van der Waals surface area (Å²) in [6, 6.07) is 13.3. The Balaban J connectivity index is 1.71. The summed E-state index contributed by atoms with van der Waals surface area (Å²) in [5, 5.41) is 19.1. The molecule has 1 aliphatic heterocycles. The number of carboxylic acid groups (broad SMARTS) is 1. The molecule has 2 aromatic rings. The summed E-state index contributed by atoms with van der Waals surface area (Å²) in [4.78, 5) is 12.8. The Morgan fingerprint density at radius 1 is 1.08 bits per heavy atom. The van der Waals surface area contributed by atoms with Gasteiger partial charge in [-0.1, -0.05) is 6.07 Å². The van der Waals surface area contributed by atoms with Crippen molar-refractivity contribution >= 4 is 11.7 Å². The number of nitrogens with zero attached hydrogens (tertiary/aromatic N) is 1. The van der Waals surface area contributed by atoms with Gasteiger partial charge in [-0.2, -0.15) is 0 Å². The Morgan fingerprint density at radius 3 is 2.33 bits per heavy atom. The number of aliphatic carboxylic acids is 1. The van der Waals surface area contributed by atoms with Gasteiger partial charge >= 0.3 is 5.97 Å². The Kier molecular flexibility index (Phi) is 4.44. The topological polar surface area (TPSA) is 70.0 Å². The number of aryl methyl sites for hydroxylation is 2. The number of aliphatic hydroxyl groups excluding tert-OH is 1. The minimum absolute atomic E-state index is 0.246. The standard InChI is InChI=1S/C19H21NO4/c1-12-3-6-17(9-13(12)2)24-16-7-4-15(5-8-16)20-11-14(19(22)23)10-18(20)21/h3-9,14,18,21H,10-11H2,1-2H3,(H,22,23). The van der Waals surface area contributed by atoms with Crippen LogP contribution in [0, 0.1) is 19.8 Å². The van der Waals surface area contributed by atoms with Crippen LogP contribution in [0.4, 0.5) is 5.69 Å². The molecule has 0 radical (unpaired) electrons. The number of hydrogen-bond donors (Lipinski definition) is 2. The van der Waals surface area contributed by atoms with Crippen molar-refractivity contribution in [3.05, 3.63) is 53.6 Å². The molecular formula is C19H21NO4. The van der Waals surface area contributed by atoms with Crippen molar-refractivity contribution in [1.82, 2.24) is 0 Å². The number of rotatable bonds is 4. The SMILES string of the molecule is Cc1ccc(Oc2ccc(N3CC(C(=O)O)CC3O)cc2)cc1C. The summed E-state index contributed by atoms with van der Waals surface area (Å²) in [6.45, 7) is 4.41. The molecule has 2 atom stereocenters. The molecule has 0 aromatic heterocycles. The summed E-state index contributed by atoms with van der Waals surface area (Å²) < 4.78 is 5.84. The number of hydrogen-bond acceptors (Lipinski definition) is 4. The van der Waals surface area contributed by atoms with Gasteiger partial charge in [-0.3, -0.25) is 4.79 Å². The van der Waals surface area contributed by atoms with Gasteiger partial charge in [0.2, 0.25) is 0 Å². The molecule has 3 rings (SSSR count). The molecule has 1 aliphatic rings. The van der Waals surface area contributed by atoms with Gasteiger partial charge in [-0.15, -0.1) is 0 Å². The highest BCUT2D eigenvalue weighted by atomic mass is 16.5. The van der Waals surface area contributed by atoms with E-state index in [1.54, 1.807) is 4.90 Å². The minimum Gasteiger partial charge on any atom is -0.481 e. The first-order chi connectivity index (χ1) is 11.4. The van der Waals surface area contributed by atoms with Crippen LogP contribution in [0.2, 0.25) is 0 Å². The third kappa shape index (κ3) is 3.36. The average molecular weight is 327 g/mol. The van der Waals surface area contributed by atoms with E-state index in [1.807, 2.05) is 49.4 Å². The summed E-state index contributed by atoms with van der Waals surface area (Å²) >= 11 is 0. The molecule has 1 fully saturated rings. The predicted octanol–water partition coefficient (Wildman–Crippen LogP) is 3.33. The molecule has 1 heterocycles. The lowest BCUT2D eigenvalue weighted by Gasteiger charge is -2.22. The van der Waals surface area contributed by atoms with Crippen LogP contribution in [0.1, 0.15) is 17.5 Å². The molecule has 126 valence electrons. The van der Waals surface area contributed by atoms with Gasteiger partial charge < -0.3 is 19.8 Å². The second kappa shape index (κ2) is 6.53. The lowest BCUT2D eigenvalue weighted by molar-refractivity contribution is -0.141. The molecule has 5 nitrogen and oxygen atoms in total. The fraction of sp³-hybridized carbons (Fsp3) is 0.316. The molecular weight excluding hydrogens is 306 g/mol. The van der Waals surface area contributed by atoms with Crippen molar-refractivity contribution in [1.29, 1.82) is 0 Å². The van der Waals surface area contributed by atoms with Crippen LogP contribution in [0.25, 0.3) is 0 Å². The van der Waals surface area contributed by atoms with Gasteiger partial charge in [0, 0.05) is 18.7 Å². The van der Waals surface area contributed by atoms with E-state index < -0.39 is 18.1 Å². The van der Waals surface area contributed by atoms with E-state index >= 15 is 0 Å². The molecule has 0 saturated carbocycles. The molecule has 0 amide bonds. The van der Waals surface area contributed by atoms with Gasteiger partial charge in [0.15, 0.2) is 0 Å². The first-order valence-electron chi connectivity index (χ1n) is 7.97. The lowest BCUT2D eigenvalue weighted by Crippen LogP contribution is -2.29. The summed E-state index contributed by atoms with van der Waals surface area (Å²) in [5.41, 5.74) is 3.18. The zero-order valence-corrected chi connectivity index (χ0v) is 13.8. The van der Waals surface area contributed by atoms with Crippen molar-refractivity contribution in [3.63, 3.8) is 0 Å². The Hall–Kier alpha value is -2.53. The predicted molar refractivity (Wildman–Crippen MR) is 91.5 cm³/mol. The van der Waals surface area contributed by atoms with Gasteiger partial charge in [0.1, 0.15) is 17.7 Å². The summed E-state index contributed by atoms with van der Waals surface area (Å²) in [7, 11) is 0. The molecule has 1 saturated heterocycles. The first-order valence-corrected chi connectivity index (χ1v) is 7.97. The van der Waals surface area contributed by atoms with Crippen LogP contribution in [-0.2, 0) is 4.79 Å². The zero-order chi connectivity index (χ0) is 17.3. The van der Waals surface area contributed by atoms with Crippen LogP contribution in [0.15, 0.2) is 42.5 Å². The van der Waals surface area contributed by atoms with Crippen molar-refractivity contribution in [3.8, 4) is 11.5 Å². The maximum absolute atomic E-state index is 11.1. The highest BCUT2D eigenvalue weighted by molar-refractivity contribution is 5.72. The number of anilines is 1. The molecule has 2 N–H and O–H groups in total. The molecule has 0 aliphatic carbocycles. The van der Waals surface area contributed by atoms with E-state index in [-0.39, 0.29) is 6.42 Å². The van der Waals surface area contributed by atoms with Crippen LogP contribution < -0.4 is 9.64 Å². The molecule has 0 spiro atoms. The highest BCUT2D eigenvalue weighted by Gasteiger charge is 2.35. The van der Waals surface area contributed by atoms with Crippen LogP contribution in [-0.4, -0.2) is 29.0 Å².